The number of rotatable bonds is 1. The smallest absolute Gasteiger partial charge is 0.149 e. The van der Waals surface area contributed by atoms with Crippen molar-refractivity contribution in [2.24, 2.45) is 5.92 Å². The van der Waals surface area contributed by atoms with Crippen LogP contribution in [0.25, 0.3) is 0 Å². The molecular formula is C18H14BrF2N. The van der Waals surface area contributed by atoms with E-state index < -0.39 is 11.6 Å². The molecule has 2 aromatic carbocycles. The first-order valence-corrected chi connectivity index (χ1v) is 8.11. The number of allylic oxidation sites excluding steroid dienone is 2. The maximum atomic E-state index is 14.2. The van der Waals surface area contributed by atoms with Crippen LogP contribution in [0.3, 0.4) is 0 Å². The molecule has 0 saturated carbocycles. The van der Waals surface area contributed by atoms with Gasteiger partial charge in [0, 0.05) is 16.5 Å². The first kappa shape index (κ1) is 13.9. The molecule has 1 aliphatic carbocycles. The summed E-state index contributed by atoms with van der Waals surface area (Å²) in [5.74, 6) is -0.715. The lowest BCUT2D eigenvalue weighted by atomic mass is 9.77. The van der Waals surface area contributed by atoms with Crippen molar-refractivity contribution >= 4 is 21.6 Å². The van der Waals surface area contributed by atoms with Gasteiger partial charge in [-0.1, -0.05) is 46.3 Å². The van der Waals surface area contributed by atoms with Gasteiger partial charge in [-0.15, -0.1) is 0 Å². The third-order valence-corrected chi connectivity index (χ3v) is 5.35. The second kappa shape index (κ2) is 5.20. The highest BCUT2D eigenvalue weighted by molar-refractivity contribution is 9.10. The molecule has 2 aromatic rings. The lowest BCUT2D eigenvalue weighted by Gasteiger charge is -2.38. The van der Waals surface area contributed by atoms with E-state index in [0.717, 1.165) is 28.1 Å². The van der Waals surface area contributed by atoms with E-state index in [1.54, 1.807) is 0 Å². The van der Waals surface area contributed by atoms with Crippen molar-refractivity contribution in [2.45, 2.75) is 18.4 Å². The SMILES string of the molecule is Fc1cc(F)c2c(c1)[C@H]1C=CC[C@H]1[C@H](c1ccccc1Br)N2. The van der Waals surface area contributed by atoms with Gasteiger partial charge < -0.3 is 5.32 Å². The minimum absolute atomic E-state index is 0.00281. The van der Waals surface area contributed by atoms with Crippen LogP contribution in [0.1, 0.15) is 29.5 Å². The first-order chi connectivity index (χ1) is 10.6. The van der Waals surface area contributed by atoms with Gasteiger partial charge in [-0.2, -0.15) is 0 Å². The van der Waals surface area contributed by atoms with E-state index in [0.29, 0.717) is 5.69 Å². The second-order valence-electron chi connectivity index (χ2n) is 5.85. The molecule has 0 saturated heterocycles. The zero-order valence-electron chi connectivity index (χ0n) is 11.7. The Morgan fingerprint density at radius 1 is 1.09 bits per heavy atom. The summed E-state index contributed by atoms with van der Waals surface area (Å²) in [6.07, 6.45) is 5.09. The summed E-state index contributed by atoms with van der Waals surface area (Å²) in [6.45, 7) is 0. The molecular weight excluding hydrogens is 348 g/mol. The molecule has 0 bridgehead atoms. The minimum atomic E-state index is -0.522. The predicted molar refractivity (Wildman–Crippen MR) is 86.9 cm³/mol. The van der Waals surface area contributed by atoms with Crippen LogP contribution < -0.4 is 5.32 Å². The zero-order valence-corrected chi connectivity index (χ0v) is 13.3. The Morgan fingerprint density at radius 2 is 1.91 bits per heavy atom. The van der Waals surface area contributed by atoms with Gasteiger partial charge in [-0.05, 0) is 35.6 Å². The Morgan fingerprint density at radius 3 is 2.73 bits per heavy atom. The fourth-order valence-corrected chi connectivity index (χ4v) is 4.19. The molecule has 1 aliphatic heterocycles. The molecule has 1 heterocycles. The van der Waals surface area contributed by atoms with E-state index >= 15 is 0 Å². The van der Waals surface area contributed by atoms with Gasteiger partial charge in [0.1, 0.15) is 11.6 Å². The molecule has 4 heteroatoms. The summed E-state index contributed by atoms with van der Waals surface area (Å²) in [5.41, 5.74) is 2.25. The summed E-state index contributed by atoms with van der Waals surface area (Å²) < 4.78 is 28.8. The average molecular weight is 362 g/mol. The molecule has 0 amide bonds. The van der Waals surface area contributed by atoms with Gasteiger partial charge in [0.2, 0.25) is 0 Å². The first-order valence-electron chi connectivity index (χ1n) is 7.31. The quantitative estimate of drug-likeness (QED) is 0.656. The van der Waals surface area contributed by atoms with Crippen LogP contribution in [-0.2, 0) is 0 Å². The third kappa shape index (κ3) is 2.09. The monoisotopic (exact) mass is 361 g/mol. The summed E-state index contributed by atoms with van der Waals surface area (Å²) >= 11 is 3.58. The molecule has 2 aliphatic rings. The average Bonchev–Trinajstić information content (AvgIpc) is 2.97. The molecule has 0 radical (unpaired) electrons. The number of hydrogen-bond donors (Lipinski definition) is 1. The summed E-state index contributed by atoms with van der Waals surface area (Å²) in [6, 6.07) is 10.4. The number of fused-ring (bicyclic) bond motifs is 3. The van der Waals surface area contributed by atoms with Gasteiger partial charge in [0.05, 0.1) is 11.7 Å². The Labute approximate surface area is 136 Å². The highest BCUT2D eigenvalue weighted by Gasteiger charge is 2.39. The van der Waals surface area contributed by atoms with Crippen molar-refractivity contribution in [3.63, 3.8) is 0 Å². The molecule has 0 fully saturated rings. The summed E-state index contributed by atoms with van der Waals surface area (Å²) in [7, 11) is 0. The maximum absolute atomic E-state index is 14.2. The number of benzene rings is 2. The Balaban J connectivity index is 1.86. The Bertz CT molecular complexity index is 772. The van der Waals surface area contributed by atoms with Crippen molar-refractivity contribution in [1.82, 2.24) is 0 Å². The third-order valence-electron chi connectivity index (χ3n) is 4.63. The van der Waals surface area contributed by atoms with Crippen molar-refractivity contribution in [2.75, 3.05) is 5.32 Å². The van der Waals surface area contributed by atoms with Crippen LogP contribution in [-0.4, -0.2) is 0 Å². The molecule has 112 valence electrons. The van der Waals surface area contributed by atoms with Crippen LogP contribution in [0.15, 0.2) is 53.0 Å². The van der Waals surface area contributed by atoms with Crippen LogP contribution in [0, 0.1) is 17.6 Å². The fourth-order valence-electron chi connectivity index (χ4n) is 3.66. The molecule has 0 spiro atoms. The van der Waals surface area contributed by atoms with Crippen molar-refractivity contribution in [3.8, 4) is 0 Å². The van der Waals surface area contributed by atoms with Gasteiger partial charge in [-0.3, -0.25) is 0 Å². The van der Waals surface area contributed by atoms with Crippen LogP contribution in [0.2, 0.25) is 0 Å². The van der Waals surface area contributed by atoms with E-state index in [9.17, 15) is 8.78 Å². The normalized spacial score (nSPS) is 25.5. The van der Waals surface area contributed by atoms with E-state index in [1.807, 2.05) is 24.3 Å². The number of anilines is 1. The number of hydrogen-bond acceptors (Lipinski definition) is 1. The van der Waals surface area contributed by atoms with Gasteiger partial charge in [0.25, 0.3) is 0 Å². The lowest BCUT2D eigenvalue weighted by molar-refractivity contribution is 0.417. The highest BCUT2D eigenvalue weighted by Crippen LogP contribution is 2.51. The summed E-state index contributed by atoms with van der Waals surface area (Å²) in [4.78, 5) is 0. The molecule has 1 N–H and O–H groups in total. The van der Waals surface area contributed by atoms with Crippen molar-refractivity contribution < 1.29 is 8.78 Å². The highest BCUT2D eigenvalue weighted by atomic mass is 79.9. The van der Waals surface area contributed by atoms with Crippen LogP contribution >= 0.6 is 15.9 Å². The van der Waals surface area contributed by atoms with E-state index in [2.05, 4.69) is 33.4 Å². The molecule has 1 nitrogen and oxygen atoms in total. The predicted octanol–water partition coefficient (Wildman–Crippen LogP) is 5.55. The van der Waals surface area contributed by atoms with E-state index in [4.69, 9.17) is 0 Å². The van der Waals surface area contributed by atoms with Crippen LogP contribution in [0.5, 0.6) is 0 Å². The number of halogens is 3. The maximum Gasteiger partial charge on any atom is 0.149 e. The van der Waals surface area contributed by atoms with Crippen LogP contribution in [0.4, 0.5) is 14.5 Å². The fraction of sp³-hybridized carbons (Fsp3) is 0.222. The summed E-state index contributed by atoms with van der Waals surface area (Å²) in [5, 5.41) is 3.31. The molecule has 0 aromatic heterocycles. The van der Waals surface area contributed by atoms with E-state index in [-0.39, 0.29) is 17.9 Å². The van der Waals surface area contributed by atoms with Gasteiger partial charge in [0.15, 0.2) is 0 Å². The Kier molecular flexibility index (Phi) is 3.30. The van der Waals surface area contributed by atoms with E-state index in [1.165, 1.54) is 6.07 Å². The second-order valence-corrected chi connectivity index (χ2v) is 6.70. The zero-order chi connectivity index (χ0) is 15.3. The Hall–Kier alpha value is -1.68. The number of nitrogens with one attached hydrogen (secondary N) is 1. The van der Waals surface area contributed by atoms with Gasteiger partial charge >= 0.3 is 0 Å². The molecule has 4 rings (SSSR count). The molecule has 3 atom stereocenters. The van der Waals surface area contributed by atoms with Crippen molar-refractivity contribution in [1.29, 1.82) is 0 Å². The minimum Gasteiger partial charge on any atom is -0.375 e. The lowest BCUT2D eigenvalue weighted by Crippen LogP contribution is -2.30. The standard InChI is InChI=1S/C18H14BrF2N/c19-15-7-2-1-4-13(15)17-12-6-3-5-11(12)14-8-10(20)9-16(21)18(14)22-17/h1-5,7-9,11-12,17,22H,6H2/t11-,12+,17+/m0/s1. The van der Waals surface area contributed by atoms with Crippen molar-refractivity contribution in [3.05, 3.63) is 75.8 Å². The topological polar surface area (TPSA) is 12.0 Å². The van der Waals surface area contributed by atoms with Gasteiger partial charge in [-0.25, -0.2) is 8.78 Å². The largest absolute Gasteiger partial charge is 0.375 e. The molecule has 22 heavy (non-hydrogen) atoms. The molecule has 0 unspecified atom stereocenters.